The second kappa shape index (κ2) is 7.30. The molecule has 8 heteroatoms. The number of halogens is 2. The lowest BCUT2D eigenvalue weighted by molar-refractivity contribution is -0.147. The normalized spacial score (nSPS) is 10.7. The summed E-state index contributed by atoms with van der Waals surface area (Å²) in [5.74, 6) is -2.70. The molecule has 3 rings (SSSR count). The van der Waals surface area contributed by atoms with E-state index in [0.29, 0.717) is 5.82 Å². The largest absolute Gasteiger partial charge is 0.454 e. The molecule has 2 aromatic carbocycles. The monoisotopic (exact) mass is 359 g/mol. The summed E-state index contributed by atoms with van der Waals surface area (Å²) in [5, 5.41) is 2.05. The van der Waals surface area contributed by atoms with Gasteiger partial charge in [-0.1, -0.05) is 18.2 Å². The molecule has 26 heavy (non-hydrogen) atoms. The zero-order valence-corrected chi connectivity index (χ0v) is 13.8. The molecule has 0 radical (unpaired) electrons. The Morgan fingerprint density at radius 1 is 1.12 bits per heavy atom. The summed E-state index contributed by atoms with van der Waals surface area (Å²) in [6.07, 6.45) is 0. The molecular weight excluding hydrogens is 344 g/mol. The molecule has 0 bridgehead atoms. The minimum Gasteiger partial charge on any atom is -0.454 e. The van der Waals surface area contributed by atoms with E-state index in [-0.39, 0.29) is 6.54 Å². The number of imidazole rings is 1. The van der Waals surface area contributed by atoms with E-state index in [1.54, 1.807) is 11.5 Å². The van der Waals surface area contributed by atoms with Crippen LogP contribution in [0.3, 0.4) is 0 Å². The first-order chi connectivity index (χ1) is 12.5. The minimum absolute atomic E-state index is 0.131. The molecule has 0 fully saturated rings. The molecule has 6 nitrogen and oxygen atoms in total. The third-order valence-electron chi connectivity index (χ3n) is 3.72. The molecule has 1 aromatic heterocycles. The van der Waals surface area contributed by atoms with Crippen LogP contribution in [-0.4, -0.2) is 28.0 Å². The molecule has 0 aliphatic carbocycles. The highest BCUT2D eigenvalue weighted by atomic mass is 19.1. The first-order valence-corrected chi connectivity index (χ1v) is 7.77. The molecule has 0 atom stereocenters. The van der Waals surface area contributed by atoms with Crippen LogP contribution in [0, 0.1) is 18.6 Å². The molecule has 1 amide bonds. The zero-order valence-electron chi connectivity index (χ0n) is 13.8. The van der Waals surface area contributed by atoms with Gasteiger partial charge in [0.25, 0.3) is 5.91 Å². The summed E-state index contributed by atoms with van der Waals surface area (Å²) in [7, 11) is 0. The number of ether oxygens (including phenoxy) is 1. The average Bonchev–Trinajstić information content (AvgIpc) is 2.92. The van der Waals surface area contributed by atoms with Gasteiger partial charge in [-0.3, -0.25) is 9.59 Å². The van der Waals surface area contributed by atoms with E-state index < -0.39 is 35.8 Å². The number of carbonyl (C=O) groups excluding carboxylic acids is 2. The van der Waals surface area contributed by atoms with Crippen LogP contribution in [0.25, 0.3) is 11.0 Å². The molecule has 0 saturated carbocycles. The number of fused-ring (bicyclic) bond motifs is 1. The van der Waals surface area contributed by atoms with Gasteiger partial charge in [-0.05, 0) is 31.2 Å². The Kier molecular flexibility index (Phi) is 4.92. The number of esters is 1. The summed E-state index contributed by atoms with van der Waals surface area (Å²) in [5.41, 5.74) is 0.926. The predicted octanol–water partition coefficient (Wildman–Crippen LogP) is 2.80. The molecule has 3 aromatic rings. The summed E-state index contributed by atoms with van der Waals surface area (Å²) in [4.78, 5) is 28.1. The number of amides is 1. The highest BCUT2D eigenvalue weighted by molar-refractivity contribution is 5.93. The van der Waals surface area contributed by atoms with Gasteiger partial charge in [0.05, 0.1) is 11.0 Å². The summed E-state index contributed by atoms with van der Waals surface area (Å²) < 4.78 is 33.5. The lowest BCUT2D eigenvalue weighted by atomic mass is 10.3. The zero-order chi connectivity index (χ0) is 18.7. The number of hydrogen-bond acceptors (Lipinski definition) is 4. The van der Waals surface area contributed by atoms with Crippen molar-refractivity contribution in [3.63, 3.8) is 0 Å². The van der Waals surface area contributed by atoms with Crippen LogP contribution in [0.4, 0.5) is 14.5 Å². The Hall–Kier alpha value is -3.29. The van der Waals surface area contributed by atoms with E-state index in [1.165, 1.54) is 6.07 Å². The van der Waals surface area contributed by atoms with Crippen molar-refractivity contribution >= 4 is 28.6 Å². The molecule has 1 N–H and O–H groups in total. The second-order valence-corrected chi connectivity index (χ2v) is 5.54. The fourth-order valence-corrected chi connectivity index (χ4v) is 2.51. The summed E-state index contributed by atoms with van der Waals surface area (Å²) >= 11 is 0. The van der Waals surface area contributed by atoms with E-state index in [2.05, 4.69) is 4.98 Å². The fourth-order valence-electron chi connectivity index (χ4n) is 2.51. The number of para-hydroxylation sites is 3. The maximum absolute atomic E-state index is 13.5. The topological polar surface area (TPSA) is 73.2 Å². The van der Waals surface area contributed by atoms with Crippen LogP contribution in [0.15, 0.2) is 42.5 Å². The van der Waals surface area contributed by atoms with Crippen molar-refractivity contribution in [1.82, 2.24) is 9.55 Å². The molecule has 0 saturated heterocycles. The highest BCUT2D eigenvalue weighted by Gasteiger charge is 2.15. The number of carbonyl (C=O) groups is 2. The van der Waals surface area contributed by atoms with Gasteiger partial charge in [-0.25, -0.2) is 13.8 Å². The van der Waals surface area contributed by atoms with Gasteiger partial charge in [0.15, 0.2) is 6.61 Å². The number of aryl methyl sites for hydroxylation is 1. The number of hydrogen-bond donors (Lipinski definition) is 1. The van der Waals surface area contributed by atoms with Gasteiger partial charge >= 0.3 is 5.97 Å². The van der Waals surface area contributed by atoms with Gasteiger partial charge in [-0.15, -0.1) is 0 Å². The smallest absolute Gasteiger partial charge is 0.326 e. The highest BCUT2D eigenvalue weighted by Crippen LogP contribution is 2.18. The first-order valence-electron chi connectivity index (χ1n) is 7.77. The Labute approximate surface area is 147 Å². The number of anilines is 1. The van der Waals surface area contributed by atoms with Crippen molar-refractivity contribution in [1.29, 1.82) is 0 Å². The van der Waals surface area contributed by atoms with Gasteiger partial charge in [0, 0.05) is 0 Å². The lowest BCUT2D eigenvalue weighted by Crippen LogP contribution is -2.24. The molecule has 134 valence electrons. The van der Waals surface area contributed by atoms with Gasteiger partial charge in [0.1, 0.15) is 29.7 Å². The summed E-state index contributed by atoms with van der Waals surface area (Å²) in [6.45, 7) is 0.965. The average molecular weight is 359 g/mol. The standard InChI is InChI=1S/C18H15F2N3O3/c1-11-21-14-7-2-3-8-15(14)23(11)9-17(25)26-10-16(24)22-18-12(19)5-4-6-13(18)20/h2-8H,9-10H2,1H3,(H,22,24). The van der Waals surface area contributed by atoms with Crippen LogP contribution >= 0.6 is 0 Å². The Balaban J connectivity index is 1.60. The molecule has 0 aliphatic heterocycles. The van der Waals surface area contributed by atoms with Crippen molar-refractivity contribution in [3.05, 3.63) is 59.9 Å². The number of benzene rings is 2. The number of nitrogens with zero attached hydrogens (tertiary/aromatic N) is 2. The SMILES string of the molecule is Cc1nc2ccccc2n1CC(=O)OCC(=O)Nc1c(F)cccc1F. The maximum atomic E-state index is 13.5. The van der Waals surface area contributed by atoms with E-state index in [1.807, 2.05) is 29.6 Å². The number of aromatic nitrogens is 2. The van der Waals surface area contributed by atoms with Gasteiger partial charge in [0.2, 0.25) is 0 Å². The van der Waals surface area contributed by atoms with Crippen molar-refractivity contribution in [2.75, 3.05) is 11.9 Å². The third kappa shape index (κ3) is 3.69. The fraction of sp³-hybridized carbons (Fsp3) is 0.167. The molecule has 0 unspecified atom stereocenters. The lowest BCUT2D eigenvalue weighted by Gasteiger charge is -2.09. The third-order valence-corrected chi connectivity index (χ3v) is 3.72. The Morgan fingerprint density at radius 2 is 1.81 bits per heavy atom. The van der Waals surface area contributed by atoms with Crippen molar-refractivity contribution in [2.24, 2.45) is 0 Å². The second-order valence-electron chi connectivity index (χ2n) is 5.54. The molecule has 1 heterocycles. The van der Waals surface area contributed by atoms with E-state index >= 15 is 0 Å². The molecule has 0 aliphatic rings. The Morgan fingerprint density at radius 3 is 2.54 bits per heavy atom. The van der Waals surface area contributed by atoms with Crippen molar-refractivity contribution in [2.45, 2.75) is 13.5 Å². The van der Waals surface area contributed by atoms with Gasteiger partial charge < -0.3 is 14.6 Å². The van der Waals surface area contributed by atoms with Crippen molar-refractivity contribution < 1.29 is 23.1 Å². The van der Waals surface area contributed by atoms with Crippen molar-refractivity contribution in [3.8, 4) is 0 Å². The van der Waals surface area contributed by atoms with Crippen LogP contribution < -0.4 is 5.32 Å². The molecular formula is C18H15F2N3O3. The minimum atomic E-state index is -0.912. The number of rotatable bonds is 5. The van der Waals surface area contributed by atoms with E-state index in [4.69, 9.17) is 4.74 Å². The first kappa shape index (κ1) is 17.5. The van der Waals surface area contributed by atoms with Crippen LogP contribution in [0.2, 0.25) is 0 Å². The van der Waals surface area contributed by atoms with E-state index in [9.17, 15) is 18.4 Å². The van der Waals surface area contributed by atoms with E-state index in [0.717, 1.165) is 23.2 Å². The predicted molar refractivity (Wildman–Crippen MR) is 90.4 cm³/mol. The van der Waals surface area contributed by atoms with Gasteiger partial charge in [-0.2, -0.15) is 0 Å². The number of nitrogens with one attached hydrogen (secondary N) is 1. The Bertz CT molecular complexity index is 965. The maximum Gasteiger partial charge on any atom is 0.326 e. The van der Waals surface area contributed by atoms with Crippen LogP contribution in [0.5, 0.6) is 0 Å². The quantitative estimate of drug-likeness (QED) is 0.711. The summed E-state index contributed by atoms with van der Waals surface area (Å²) in [6, 6.07) is 10.5. The van der Waals surface area contributed by atoms with Crippen LogP contribution in [-0.2, 0) is 20.9 Å². The van der Waals surface area contributed by atoms with Crippen LogP contribution in [0.1, 0.15) is 5.82 Å². The molecule has 0 spiro atoms.